The van der Waals surface area contributed by atoms with Crippen molar-refractivity contribution < 1.29 is 19.1 Å². The summed E-state index contributed by atoms with van der Waals surface area (Å²) in [5, 5.41) is 6.74. The summed E-state index contributed by atoms with van der Waals surface area (Å²) < 4.78 is 12.3. The van der Waals surface area contributed by atoms with Gasteiger partial charge in [-0.05, 0) is 31.2 Å². The molecule has 0 saturated carbocycles. The van der Waals surface area contributed by atoms with Crippen LogP contribution in [-0.4, -0.2) is 50.9 Å². The fraction of sp³-hybridized carbons (Fsp3) is 0.412. The highest BCUT2D eigenvalue weighted by Gasteiger charge is 2.24. The van der Waals surface area contributed by atoms with E-state index in [9.17, 15) is 9.59 Å². The van der Waals surface area contributed by atoms with Crippen LogP contribution >= 0.6 is 11.8 Å². The Balaban J connectivity index is 1.81. The van der Waals surface area contributed by atoms with Gasteiger partial charge < -0.3 is 14.8 Å². The average molecular weight is 376 g/mol. The monoisotopic (exact) mass is 376 g/mol. The summed E-state index contributed by atoms with van der Waals surface area (Å²) in [6.45, 7) is 1.95. The van der Waals surface area contributed by atoms with Gasteiger partial charge in [0, 0.05) is 19.0 Å². The van der Waals surface area contributed by atoms with Crippen molar-refractivity contribution in [3.05, 3.63) is 35.7 Å². The highest BCUT2D eigenvalue weighted by Crippen LogP contribution is 2.25. The number of anilines is 1. The van der Waals surface area contributed by atoms with E-state index in [1.165, 1.54) is 10.9 Å². The topological polar surface area (TPSA) is 95.3 Å². The Bertz CT molecular complexity index is 802. The Morgan fingerprint density at radius 2 is 2.27 bits per heavy atom. The normalized spacial score (nSPS) is 16.3. The molecule has 1 atom stereocenters. The third-order valence-electron chi connectivity index (χ3n) is 3.85. The van der Waals surface area contributed by atoms with Crippen molar-refractivity contribution in [2.24, 2.45) is 7.05 Å². The fourth-order valence-electron chi connectivity index (χ4n) is 2.54. The second-order valence-electron chi connectivity index (χ2n) is 5.66. The standard InChI is InChI=1S/C17H20N4O4S/c1-3-24-17(23)13-9-19-21(2)14(13)20-15(22)12-5-4-7-18-16(12)25-11-6-8-26-10-11/h4-5,7,9,11H,3,6,8,10H2,1-2H3,(H,20,22)/t11-/m0/s1. The molecule has 0 radical (unpaired) electrons. The summed E-state index contributed by atoms with van der Waals surface area (Å²) in [6.07, 6.45) is 3.93. The van der Waals surface area contributed by atoms with E-state index in [0.29, 0.717) is 5.56 Å². The molecule has 0 spiro atoms. The molecule has 2 aromatic heterocycles. The molecule has 1 aliphatic heterocycles. The quantitative estimate of drug-likeness (QED) is 0.772. The number of aryl methyl sites for hydroxylation is 1. The van der Waals surface area contributed by atoms with Crippen LogP contribution in [0.15, 0.2) is 24.5 Å². The van der Waals surface area contributed by atoms with Crippen LogP contribution in [-0.2, 0) is 11.8 Å². The minimum absolute atomic E-state index is 0.0493. The summed E-state index contributed by atoms with van der Waals surface area (Å²) in [7, 11) is 1.63. The lowest BCUT2D eigenvalue weighted by atomic mass is 10.2. The van der Waals surface area contributed by atoms with Crippen molar-refractivity contribution in [3.63, 3.8) is 0 Å². The minimum Gasteiger partial charge on any atom is -0.473 e. The second kappa shape index (κ2) is 8.22. The van der Waals surface area contributed by atoms with Gasteiger partial charge in [0.1, 0.15) is 23.0 Å². The lowest BCUT2D eigenvalue weighted by Gasteiger charge is -2.15. The molecule has 26 heavy (non-hydrogen) atoms. The number of nitrogens with zero attached hydrogens (tertiary/aromatic N) is 3. The SMILES string of the molecule is CCOC(=O)c1cnn(C)c1NC(=O)c1cccnc1O[C@H]1CCSC1. The number of carbonyl (C=O) groups is 2. The molecule has 0 aliphatic carbocycles. The minimum atomic E-state index is -0.540. The molecule has 0 bridgehead atoms. The van der Waals surface area contributed by atoms with Gasteiger partial charge in [0.15, 0.2) is 0 Å². The number of pyridine rings is 1. The predicted molar refractivity (Wildman–Crippen MR) is 97.7 cm³/mol. The van der Waals surface area contributed by atoms with Gasteiger partial charge in [0.05, 0.1) is 12.8 Å². The van der Waals surface area contributed by atoms with Crippen molar-refractivity contribution in [1.29, 1.82) is 0 Å². The van der Waals surface area contributed by atoms with Gasteiger partial charge in [0.25, 0.3) is 5.91 Å². The molecule has 1 N–H and O–H groups in total. The lowest BCUT2D eigenvalue weighted by molar-refractivity contribution is 0.0527. The van der Waals surface area contributed by atoms with Gasteiger partial charge in [-0.2, -0.15) is 16.9 Å². The first kappa shape index (κ1) is 18.2. The van der Waals surface area contributed by atoms with Crippen LogP contribution in [0.4, 0.5) is 5.82 Å². The number of hydrogen-bond donors (Lipinski definition) is 1. The molecule has 1 fully saturated rings. The van der Waals surface area contributed by atoms with Gasteiger partial charge in [-0.3, -0.25) is 9.48 Å². The Morgan fingerprint density at radius 1 is 1.42 bits per heavy atom. The van der Waals surface area contributed by atoms with Crippen LogP contribution in [0.5, 0.6) is 5.88 Å². The Labute approximate surface area is 155 Å². The molecule has 3 rings (SSSR count). The third kappa shape index (κ3) is 3.98. The van der Waals surface area contributed by atoms with E-state index in [2.05, 4.69) is 15.4 Å². The van der Waals surface area contributed by atoms with E-state index in [0.717, 1.165) is 17.9 Å². The molecule has 1 saturated heterocycles. The second-order valence-corrected chi connectivity index (χ2v) is 6.81. The maximum Gasteiger partial charge on any atom is 0.343 e. The fourth-order valence-corrected chi connectivity index (χ4v) is 3.63. The predicted octanol–water partition coefficient (Wildman–Crippen LogP) is 2.13. The van der Waals surface area contributed by atoms with Crippen molar-refractivity contribution in [3.8, 4) is 5.88 Å². The van der Waals surface area contributed by atoms with Gasteiger partial charge >= 0.3 is 5.97 Å². The summed E-state index contributed by atoms with van der Waals surface area (Å²) in [5.41, 5.74) is 0.502. The Hall–Kier alpha value is -2.55. The highest BCUT2D eigenvalue weighted by molar-refractivity contribution is 7.99. The summed E-state index contributed by atoms with van der Waals surface area (Å²) in [5.74, 6) is 1.51. The van der Waals surface area contributed by atoms with Gasteiger partial charge in [-0.25, -0.2) is 9.78 Å². The molecule has 3 heterocycles. The first-order valence-corrected chi connectivity index (χ1v) is 9.45. The van der Waals surface area contributed by atoms with Crippen molar-refractivity contribution in [2.45, 2.75) is 19.4 Å². The van der Waals surface area contributed by atoms with E-state index in [1.54, 1.807) is 32.3 Å². The number of aromatic nitrogens is 3. The number of thioether (sulfide) groups is 1. The molecular weight excluding hydrogens is 356 g/mol. The first-order chi connectivity index (χ1) is 12.6. The van der Waals surface area contributed by atoms with Crippen molar-refractivity contribution in [1.82, 2.24) is 14.8 Å². The van der Waals surface area contributed by atoms with Crippen molar-refractivity contribution in [2.75, 3.05) is 23.4 Å². The lowest BCUT2D eigenvalue weighted by Crippen LogP contribution is -2.21. The molecule has 8 nitrogen and oxygen atoms in total. The smallest absolute Gasteiger partial charge is 0.343 e. The van der Waals surface area contributed by atoms with Crippen LogP contribution in [0.1, 0.15) is 34.1 Å². The Kier molecular flexibility index (Phi) is 5.77. The molecule has 1 amide bonds. The number of rotatable bonds is 6. The van der Waals surface area contributed by atoms with E-state index in [1.807, 2.05) is 11.8 Å². The van der Waals surface area contributed by atoms with E-state index in [4.69, 9.17) is 9.47 Å². The van der Waals surface area contributed by atoms with Crippen LogP contribution in [0.2, 0.25) is 0 Å². The average Bonchev–Trinajstić information content (AvgIpc) is 3.26. The maximum atomic E-state index is 12.8. The number of esters is 1. The number of amides is 1. The third-order valence-corrected chi connectivity index (χ3v) is 4.98. The molecule has 138 valence electrons. The van der Waals surface area contributed by atoms with E-state index < -0.39 is 11.9 Å². The summed E-state index contributed by atoms with van der Waals surface area (Å²) in [6, 6.07) is 3.31. The van der Waals surface area contributed by atoms with Crippen LogP contribution in [0.3, 0.4) is 0 Å². The molecule has 0 aromatic carbocycles. The van der Waals surface area contributed by atoms with Gasteiger partial charge in [-0.15, -0.1) is 0 Å². The highest BCUT2D eigenvalue weighted by atomic mass is 32.2. The molecule has 9 heteroatoms. The molecule has 2 aromatic rings. The molecule has 1 aliphatic rings. The zero-order valence-electron chi connectivity index (χ0n) is 14.6. The van der Waals surface area contributed by atoms with Crippen LogP contribution < -0.4 is 10.1 Å². The first-order valence-electron chi connectivity index (χ1n) is 8.30. The molecular formula is C17H20N4O4S. The van der Waals surface area contributed by atoms with Crippen molar-refractivity contribution >= 4 is 29.5 Å². The van der Waals surface area contributed by atoms with Gasteiger partial charge in [-0.1, -0.05) is 0 Å². The molecule has 0 unspecified atom stereocenters. The largest absolute Gasteiger partial charge is 0.473 e. The zero-order chi connectivity index (χ0) is 18.5. The van der Waals surface area contributed by atoms with E-state index >= 15 is 0 Å². The van der Waals surface area contributed by atoms with Gasteiger partial charge in [0.2, 0.25) is 5.88 Å². The summed E-state index contributed by atoms with van der Waals surface area (Å²) >= 11 is 1.81. The zero-order valence-corrected chi connectivity index (χ0v) is 15.4. The van der Waals surface area contributed by atoms with Crippen LogP contribution in [0, 0.1) is 0 Å². The maximum absolute atomic E-state index is 12.8. The Morgan fingerprint density at radius 3 is 3.00 bits per heavy atom. The van der Waals surface area contributed by atoms with Crippen LogP contribution in [0.25, 0.3) is 0 Å². The number of hydrogen-bond acceptors (Lipinski definition) is 7. The number of ether oxygens (including phenoxy) is 2. The summed E-state index contributed by atoms with van der Waals surface area (Å²) in [4.78, 5) is 29.0. The number of carbonyl (C=O) groups excluding carboxylic acids is 2. The van der Waals surface area contributed by atoms with E-state index in [-0.39, 0.29) is 30.0 Å². The number of nitrogens with one attached hydrogen (secondary N) is 1.